The first-order chi connectivity index (χ1) is 9.38. The fourth-order valence-electron chi connectivity index (χ4n) is 2.44. The molecule has 19 heavy (non-hydrogen) atoms. The van der Waals surface area contributed by atoms with E-state index >= 15 is 0 Å². The molecule has 2 heteroatoms. The second-order valence-electron chi connectivity index (χ2n) is 4.92. The van der Waals surface area contributed by atoms with Crippen molar-refractivity contribution in [3.63, 3.8) is 0 Å². The molecule has 0 aliphatic heterocycles. The second kappa shape index (κ2) is 8.13. The summed E-state index contributed by atoms with van der Waals surface area (Å²) in [5.41, 5.74) is 1.43. The Hall–Kier alpha value is -1.12. The van der Waals surface area contributed by atoms with Crippen molar-refractivity contribution >= 4 is 11.3 Å². The SMILES string of the molecule is CCNC(CCCc1cccs1)Cc1ccccc1. The van der Waals surface area contributed by atoms with Gasteiger partial charge in [-0.1, -0.05) is 43.3 Å². The lowest BCUT2D eigenvalue weighted by Gasteiger charge is -2.17. The van der Waals surface area contributed by atoms with Gasteiger partial charge in [-0.25, -0.2) is 0 Å². The third-order valence-corrected chi connectivity index (χ3v) is 4.31. The molecule has 0 saturated heterocycles. The minimum atomic E-state index is 0.604. The van der Waals surface area contributed by atoms with E-state index in [-0.39, 0.29) is 0 Å². The molecular weight excluding hydrogens is 250 g/mol. The topological polar surface area (TPSA) is 12.0 Å². The number of aryl methyl sites for hydroxylation is 1. The van der Waals surface area contributed by atoms with Crippen molar-refractivity contribution in [2.75, 3.05) is 6.54 Å². The van der Waals surface area contributed by atoms with Crippen LogP contribution in [0.4, 0.5) is 0 Å². The van der Waals surface area contributed by atoms with E-state index in [1.807, 2.05) is 11.3 Å². The average Bonchev–Trinajstić information content (AvgIpc) is 2.93. The molecule has 2 aromatic rings. The average molecular weight is 273 g/mol. The highest BCUT2D eigenvalue weighted by molar-refractivity contribution is 7.09. The second-order valence-corrected chi connectivity index (χ2v) is 5.95. The molecule has 0 aliphatic rings. The number of hydrogen-bond donors (Lipinski definition) is 1. The van der Waals surface area contributed by atoms with Gasteiger partial charge in [0.15, 0.2) is 0 Å². The van der Waals surface area contributed by atoms with Crippen molar-refractivity contribution < 1.29 is 0 Å². The minimum absolute atomic E-state index is 0.604. The van der Waals surface area contributed by atoms with Crippen LogP contribution in [0.25, 0.3) is 0 Å². The normalized spacial score (nSPS) is 12.5. The van der Waals surface area contributed by atoms with E-state index in [0.717, 1.165) is 13.0 Å². The van der Waals surface area contributed by atoms with Crippen LogP contribution >= 0.6 is 11.3 Å². The molecule has 0 radical (unpaired) electrons. The summed E-state index contributed by atoms with van der Waals surface area (Å²) in [6.07, 6.45) is 4.87. The molecule has 1 heterocycles. The van der Waals surface area contributed by atoms with E-state index in [2.05, 4.69) is 60.1 Å². The smallest absolute Gasteiger partial charge is 0.0107 e. The van der Waals surface area contributed by atoms with E-state index in [4.69, 9.17) is 0 Å². The van der Waals surface area contributed by atoms with Gasteiger partial charge in [0.1, 0.15) is 0 Å². The molecule has 1 N–H and O–H groups in total. The fourth-order valence-corrected chi connectivity index (χ4v) is 3.19. The Morgan fingerprint density at radius 3 is 2.63 bits per heavy atom. The molecule has 0 fully saturated rings. The molecule has 1 aromatic carbocycles. The number of hydrogen-bond acceptors (Lipinski definition) is 2. The summed E-state index contributed by atoms with van der Waals surface area (Å²) in [6.45, 7) is 3.24. The van der Waals surface area contributed by atoms with Gasteiger partial charge in [0, 0.05) is 10.9 Å². The van der Waals surface area contributed by atoms with Crippen molar-refractivity contribution in [3.05, 3.63) is 58.3 Å². The fraction of sp³-hybridized carbons (Fsp3) is 0.412. The monoisotopic (exact) mass is 273 g/mol. The molecule has 0 spiro atoms. The summed E-state index contributed by atoms with van der Waals surface area (Å²) in [6, 6.07) is 15.8. The van der Waals surface area contributed by atoms with Gasteiger partial charge >= 0.3 is 0 Å². The van der Waals surface area contributed by atoms with Crippen molar-refractivity contribution in [1.82, 2.24) is 5.32 Å². The standard InChI is InChI=1S/C17H23NS/c1-2-18-16(14-15-8-4-3-5-9-15)10-6-11-17-12-7-13-19-17/h3-5,7-9,12-13,16,18H,2,6,10-11,14H2,1H3. The maximum atomic E-state index is 3.61. The first-order valence-electron chi connectivity index (χ1n) is 7.18. The minimum Gasteiger partial charge on any atom is -0.314 e. The molecule has 1 atom stereocenters. The van der Waals surface area contributed by atoms with Gasteiger partial charge in [0.05, 0.1) is 0 Å². The van der Waals surface area contributed by atoms with E-state index in [1.165, 1.54) is 29.7 Å². The lowest BCUT2D eigenvalue weighted by atomic mass is 10.0. The molecular formula is C17H23NS. The first kappa shape index (κ1) is 14.3. The summed E-state index contributed by atoms with van der Waals surface area (Å²) in [4.78, 5) is 1.51. The molecule has 1 unspecified atom stereocenters. The number of nitrogens with one attached hydrogen (secondary N) is 1. The zero-order valence-electron chi connectivity index (χ0n) is 11.6. The van der Waals surface area contributed by atoms with Crippen LogP contribution in [-0.2, 0) is 12.8 Å². The van der Waals surface area contributed by atoms with Gasteiger partial charge in [0.25, 0.3) is 0 Å². The van der Waals surface area contributed by atoms with Crippen LogP contribution in [-0.4, -0.2) is 12.6 Å². The molecule has 2 rings (SSSR count). The van der Waals surface area contributed by atoms with Crippen molar-refractivity contribution in [1.29, 1.82) is 0 Å². The zero-order chi connectivity index (χ0) is 13.3. The highest BCUT2D eigenvalue weighted by Crippen LogP contribution is 2.14. The molecule has 0 amide bonds. The maximum absolute atomic E-state index is 3.61. The molecule has 0 aliphatic carbocycles. The van der Waals surface area contributed by atoms with E-state index in [0.29, 0.717) is 6.04 Å². The summed E-state index contributed by atoms with van der Waals surface area (Å²) >= 11 is 1.87. The van der Waals surface area contributed by atoms with Crippen LogP contribution in [0.5, 0.6) is 0 Å². The third kappa shape index (κ3) is 5.17. The van der Waals surface area contributed by atoms with Crippen LogP contribution in [0.15, 0.2) is 47.8 Å². The summed E-state index contributed by atoms with van der Waals surface area (Å²) in [5, 5.41) is 5.78. The Morgan fingerprint density at radius 1 is 1.11 bits per heavy atom. The van der Waals surface area contributed by atoms with E-state index < -0.39 is 0 Å². The van der Waals surface area contributed by atoms with Crippen LogP contribution in [0.3, 0.4) is 0 Å². The number of thiophene rings is 1. The van der Waals surface area contributed by atoms with Crippen molar-refractivity contribution in [2.24, 2.45) is 0 Å². The lowest BCUT2D eigenvalue weighted by Crippen LogP contribution is -2.31. The Labute approximate surface area is 120 Å². The Morgan fingerprint density at radius 2 is 1.95 bits per heavy atom. The van der Waals surface area contributed by atoms with E-state index in [9.17, 15) is 0 Å². The van der Waals surface area contributed by atoms with Crippen molar-refractivity contribution in [3.8, 4) is 0 Å². The predicted octanol–water partition coefficient (Wildman–Crippen LogP) is 4.29. The molecule has 1 nitrogen and oxygen atoms in total. The highest BCUT2D eigenvalue weighted by atomic mass is 32.1. The summed E-state index contributed by atoms with van der Waals surface area (Å²) in [7, 11) is 0. The quantitative estimate of drug-likeness (QED) is 0.756. The van der Waals surface area contributed by atoms with Gasteiger partial charge < -0.3 is 5.32 Å². The maximum Gasteiger partial charge on any atom is 0.0107 e. The Balaban J connectivity index is 1.79. The number of likely N-dealkylation sites (N-methyl/N-ethyl adjacent to an activating group) is 1. The van der Waals surface area contributed by atoms with Crippen LogP contribution in [0.2, 0.25) is 0 Å². The van der Waals surface area contributed by atoms with Crippen LogP contribution in [0.1, 0.15) is 30.2 Å². The molecule has 102 valence electrons. The molecule has 1 aromatic heterocycles. The zero-order valence-corrected chi connectivity index (χ0v) is 12.5. The molecule has 0 bridgehead atoms. The Bertz CT molecular complexity index is 436. The van der Waals surface area contributed by atoms with Gasteiger partial charge in [-0.05, 0) is 49.2 Å². The van der Waals surface area contributed by atoms with Gasteiger partial charge in [-0.15, -0.1) is 11.3 Å². The number of rotatable bonds is 8. The summed E-state index contributed by atoms with van der Waals surface area (Å²) < 4.78 is 0. The molecule has 0 saturated carbocycles. The highest BCUT2D eigenvalue weighted by Gasteiger charge is 2.08. The van der Waals surface area contributed by atoms with Crippen LogP contribution in [0, 0.1) is 0 Å². The first-order valence-corrected chi connectivity index (χ1v) is 8.06. The number of benzene rings is 1. The Kier molecular flexibility index (Phi) is 6.12. The summed E-state index contributed by atoms with van der Waals surface area (Å²) in [5.74, 6) is 0. The van der Waals surface area contributed by atoms with Gasteiger partial charge in [-0.3, -0.25) is 0 Å². The van der Waals surface area contributed by atoms with Gasteiger partial charge in [-0.2, -0.15) is 0 Å². The van der Waals surface area contributed by atoms with Crippen LogP contribution < -0.4 is 5.32 Å². The third-order valence-electron chi connectivity index (χ3n) is 3.37. The largest absolute Gasteiger partial charge is 0.314 e. The van der Waals surface area contributed by atoms with Gasteiger partial charge in [0.2, 0.25) is 0 Å². The van der Waals surface area contributed by atoms with E-state index in [1.54, 1.807) is 0 Å². The lowest BCUT2D eigenvalue weighted by molar-refractivity contribution is 0.477. The predicted molar refractivity (Wildman–Crippen MR) is 84.9 cm³/mol. The van der Waals surface area contributed by atoms with Crippen molar-refractivity contribution in [2.45, 2.75) is 38.6 Å².